The van der Waals surface area contributed by atoms with E-state index in [1.165, 1.54) is 49.3 Å². The Labute approximate surface area is 219 Å². The molecule has 3 aromatic rings. The summed E-state index contributed by atoms with van der Waals surface area (Å²) in [5, 5.41) is 15.1. The fourth-order valence-corrected chi connectivity index (χ4v) is 5.10. The van der Waals surface area contributed by atoms with E-state index >= 15 is 0 Å². The fraction of sp³-hybridized carbons (Fsp3) is 0.433. The standard InChI is InChI=1S/C30H38N2O5/c1-19-14-20-8-6-11-30(2,3)24(20)16-21(19)15-23-9-10-25(37-23)29(34)32-28-26(35-4)17-22(18-27(28)36-5)31-12-7-13-33/h9-10,14,16-18,31,33H,6-8,11-13,15H2,1-5H3,(H,32,34). The molecule has 0 radical (unpaired) electrons. The van der Waals surface area contributed by atoms with Crippen LogP contribution in [0.5, 0.6) is 11.5 Å². The first-order chi connectivity index (χ1) is 17.7. The van der Waals surface area contributed by atoms with E-state index in [1.807, 2.05) is 6.07 Å². The van der Waals surface area contributed by atoms with Gasteiger partial charge in [-0.3, -0.25) is 4.79 Å². The number of amides is 1. The molecule has 1 aliphatic rings. The molecule has 0 spiro atoms. The Hall–Kier alpha value is -3.45. The summed E-state index contributed by atoms with van der Waals surface area (Å²) in [5.41, 5.74) is 6.72. The van der Waals surface area contributed by atoms with Crippen molar-refractivity contribution in [3.05, 3.63) is 70.2 Å². The maximum Gasteiger partial charge on any atom is 0.291 e. The Bertz CT molecular complexity index is 1240. The highest BCUT2D eigenvalue weighted by Gasteiger charge is 2.28. The number of carbonyl (C=O) groups excluding carboxylic acids is 1. The second-order valence-electron chi connectivity index (χ2n) is 10.3. The number of methoxy groups -OCH3 is 2. The van der Waals surface area contributed by atoms with Crippen molar-refractivity contribution in [2.24, 2.45) is 0 Å². The average Bonchev–Trinajstić information content (AvgIpc) is 3.34. The second-order valence-corrected chi connectivity index (χ2v) is 10.3. The van der Waals surface area contributed by atoms with Gasteiger partial charge in [0, 0.05) is 37.4 Å². The molecule has 0 saturated carbocycles. The summed E-state index contributed by atoms with van der Waals surface area (Å²) in [4.78, 5) is 13.1. The lowest BCUT2D eigenvalue weighted by Crippen LogP contribution is -2.24. The number of nitrogens with one attached hydrogen (secondary N) is 2. The minimum absolute atomic E-state index is 0.102. The predicted octanol–water partition coefficient (Wildman–Crippen LogP) is 5.86. The number of carbonyl (C=O) groups is 1. The molecule has 0 unspecified atom stereocenters. The molecule has 4 rings (SSSR count). The number of rotatable bonds is 10. The molecule has 1 aromatic heterocycles. The Morgan fingerprint density at radius 3 is 2.51 bits per heavy atom. The van der Waals surface area contributed by atoms with Crippen molar-refractivity contribution in [3.63, 3.8) is 0 Å². The number of aliphatic hydroxyl groups excluding tert-OH is 1. The molecular weight excluding hydrogens is 468 g/mol. The van der Waals surface area contributed by atoms with Gasteiger partial charge in [0.05, 0.1) is 14.2 Å². The molecule has 0 atom stereocenters. The highest BCUT2D eigenvalue weighted by Crippen LogP contribution is 2.39. The zero-order valence-corrected chi connectivity index (χ0v) is 22.5. The van der Waals surface area contributed by atoms with Gasteiger partial charge in [-0.2, -0.15) is 0 Å². The van der Waals surface area contributed by atoms with E-state index in [0.717, 1.165) is 17.9 Å². The van der Waals surface area contributed by atoms with Crippen molar-refractivity contribution in [1.29, 1.82) is 0 Å². The number of aliphatic hydroxyl groups is 1. The number of hydrogen-bond acceptors (Lipinski definition) is 6. The molecule has 3 N–H and O–H groups in total. The van der Waals surface area contributed by atoms with Crippen LogP contribution in [0.4, 0.5) is 11.4 Å². The molecule has 1 aliphatic carbocycles. The maximum absolute atomic E-state index is 13.1. The largest absolute Gasteiger partial charge is 0.494 e. The first-order valence-electron chi connectivity index (χ1n) is 12.9. The summed E-state index contributed by atoms with van der Waals surface area (Å²) in [5.74, 6) is 1.49. The van der Waals surface area contributed by atoms with Gasteiger partial charge in [-0.25, -0.2) is 0 Å². The van der Waals surface area contributed by atoms with Gasteiger partial charge in [0.25, 0.3) is 5.91 Å². The summed E-state index contributed by atoms with van der Waals surface area (Å²) >= 11 is 0. The number of anilines is 2. The molecule has 1 heterocycles. The summed E-state index contributed by atoms with van der Waals surface area (Å²) in [6, 6.07) is 11.8. The Morgan fingerprint density at radius 2 is 1.84 bits per heavy atom. The lowest BCUT2D eigenvalue weighted by molar-refractivity contribution is 0.0994. The zero-order valence-electron chi connectivity index (χ0n) is 22.5. The van der Waals surface area contributed by atoms with Crippen molar-refractivity contribution in [3.8, 4) is 11.5 Å². The van der Waals surface area contributed by atoms with Crippen LogP contribution in [-0.4, -0.2) is 38.4 Å². The lowest BCUT2D eigenvalue weighted by atomic mass is 9.71. The van der Waals surface area contributed by atoms with Crippen LogP contribution in [0, 0.1) is 6.92 Å². The van der Waals surface area contributed by atoms with E-state index < -0.39 is 0 Å². The third-order valence-electron chi connectivity index (χ3n) is 7.20. The van der Waals surface area contributed by atoms with Crippen molar-refractivity contribution in [1.82, 2.24) is 0 Å². The third-order valence-corrected chi connectivity index (χ3v) is 7.20. The van der Waals surface area contributed by atoms with Gasteiger partial charge in [0.15, 0.2) is 5.76 Å². The van der Waals surface area contributed by atoms with E-state index in [1.54, 1.807) is 18.2 Å². The van der Waals surface area contributed by atoms with Crippen molar-refractivity contribution in [2.75, 3.05) is 38.0 Å². The third kappa shape index (κ3) is 5.93. The highest BCUT2D eigenvalue weighted by atomic mass is 16.5. The molecule has 7 heteroatoms. The molecule has 0 saturated heterocycles. The van der Waals surface area contributed by atoms with Crippen LogP contribution in [0.25, 0.3) is 0 Å². The number of hydrogen-bond donors (Lipinski definition) is 3. The van der Waals surface area contributed by atoms with E-state index in [2.05, 4.69) is 43.5 Å². The Balaban J connectivity index is 1.52. The summed E-state index contributed by atoms with van der Waals surface area (Å²) < 4.78 is 17.0. The van der Waals surface area contributed by atoms with Gasteiger partial charge in [-0.1, -0.05) is 26.0 Å². The van der Waals surface area contributed by atoms with Crippen molar-refractivity contribution < 1.29 is 23.8 Å². The molecule has 0 fully saturated rings. The van der Waals surface area contributed by atoms with Gasteiger partial charge in [0.2, 0.25) is 0 Å². The smallest absolute Gasteiger partial charge is 0.291 e. The molecule has 1 amide bonds. The minimum atomic E-state index is -0.382. The summed E-state index contributed by atoms with van der Waals surface area (Å²) in [7, 11) is 3.07. The predicted molar refractivity (Wildman–Crippen MR) is 146 cm³/mol. The molecule has 2 aromatic carbocycles. The number of ether oxygens (including phenoxy) is 2. The lowest BCUT2D eigenvalue weighted by Gasteiger charge is -2.33. The number of aryl methyl sites for hydroxylation is 2. The van der Waals surface area contributed by atoms with Crippen molar-refractivity contribution in [2.45, 2.75) is 58.3 Å². The number of benzene rings is 2. The summed E-state index contributed by atoms with van der Waals surface area (Å²) in [6.45, 7) is 7.49. The fourth-order valence-electron chi connectivity index (χ4n) is 5.10. The Morgan fingerprint density at radius 1 is 1.11 bits per heavy atom. The van der Waals surface area contributed by atoms with Gasteiger partial charge in [-0.15, -0.1) is 0 Å². The molecule has 7 nitrogen and oxygen atoms in total. The number of furan rings is 1. The highest BCUT2D eigenvalue weighted by molar-refractivity contribution is 6.04. The maximum atomic E-state index is 13.1. The van der Waals surface area contributed by atoms with E-state index in [0.29, 0.717) is 36.6 Å². The van der Waals surface area contributed by atoms with Gasteiger partial charge in [0.1, 0.15) is 22.9 Å². The first-order valence-corrected chi connectivity index (χ1v) is 12.9. The van der Waals surface area contributed by atoms with Crippen LogP contribution in [0.2, 0.25) is 0 Å². The SMILES string of the molecule is COc1cc(NCCCO)cc(OC)c1NC(=O)c1ccc(Cc2cc3c(cc2C)CCCC3(C)C)o1. The first kappa shape index (κ1) is 26.6. The molecule has 0 aliphatic heterocycles. The van der Waals surface area contributed by atoms with E-state index in [-0.39, 0.29) is 23.7 Å². The van der Waals surface area contributed by atoms with Gasteiger partial charge >= 0.3 is 0 Å². The van der Waals surface area contributed by atoms with Crippen LogP contribution in [0.15, 0.2) is 40.8 Å². The van der Waals surface area contributed by atoms with Crippen LogP contribution in [0.3, 0.4) is 0 Å². The topological polar surface area (TPSA) is 93.0 Å². The van der Waals surface area contributed by atoms with Crippen molar-refractivity contribution >= 4 is 17.3 Å². The quantitative estimate of drug-likeness (QED) is 0.299. The zero-order chi connectivity index (χ0) is 26.6. The second kappa shape index (κ2) is 11.3. The molecule has 198 valence electrons. The minimum Gasteiger partial charge on any atom is -0.494 e. The van der Waals surface area contributed by atoms with Crippen LogP contribution < -0.4 is 20.1 Å². The van der Waals surface area contributed by atoms with E-state index in [9.17, 15) is 4.79 Å². The van der Waals surface area contributed by atoms with Crippen LogP contribution >= 0.6 is 0 Å². The normalized spacial score (nSPS) is 14.1. The average molecular weight is 507 g/mol. The molecule has 0 bridgehead atoms. The van der Waals surface area contributed by atoms with Crippen LogP contribution in [0.1, 0.15) is 71.7 Å². The van der Waals surface area contributed by atoms with Crippen LogP contribution in [-0.2, 0) is 18.3 Å². The monoisotopic (exact) mass is 506 g/mol. The van der Waals surface area contributed by atoms with Gasteiger partial charge in [-0.05, 0) is 72.4 Å². The van der Waals surface area contributed by atoms with Gasteiger partial charge < -0.3 is 29.6 Å². The Kier molecular flexibility index (Phi) is 8.13. The molecule has 37 heavy (non-hydrogen) atoms. The molecular formula is C30H38N2O5. The van der Waals surface area contributed by atoms with E-state index in [4.69, 9.17) is 19.0 Å². The summed E-state index contributed by atoms with van der Waals surface area (Å²) in [6.07, 6.45) is 4.81. The number of fused-ring (bicyclic) bond motifs is 1.